The largest absolute Gasteiger partial charge is 0.493 e. The van der Waals surface area contributed by atoms with E-state index in [4.69, 9.17) is 27.9 Å². The summed E-state index contributed by atoms with van der Waals surface area (Å²) in [5.74, 6) is 1.34. The SMILES string of the molecule is CNC(Cc1ccc(Cl)c(Cl)c1)C1COc2ccccc21. The average molecular weight is 322 g/mol. The monoisotopic (exact) mass is 321 g/mol. The Morgan fingerprint density at radius 3 is 2.76 bits per heavy atom. The minimum atomic E-state index is 0.297. The number of para-hydroxylation sites is 1. The van der Waals surface area contributed by atoms with Gasteiger partial charge in [0.15, 0.2) is 0 Å². The van der Waals surface area contributed by atoms with Gasteiger partial charge < -0.3 is 10.1 Å². The number of likely N-dealkylation sites (N-methyl/N-ethyl adjacent to an activating group) is 1. The Hall–Kier alpha value is -1.22. The van der Waals surface area contributed by atoms with Crippen LogP contribution in [0.1, 0.15) is 17.0 Å². The lowest BCUT2D eigenvalue weighted by atomic mass is 9.89. The summed E-state index contributed by atoms with van der Waals surface area (Å²) >= 11 is 12.1. The van der Waals surface area contributed by atoms with Gasteiger partial charge in [-0.15, -0.1) is 0 Å². The van der Waals surface area contributed by atoms with Gasteiger partial charge in [0.05, 0.1) is 16.7 Å². The van der Waals surface area contributed by atoms with Crippen molar-refractivity contribution in [2.24, 2.45) is 0 Å². The molecule has 0 aromatic heterocycles. The lowest BCUT2D eigenvalue weighted by Gasteiger charge is -2.22. The molecular formula is C17H17Cl2NO. The van der Waals surface area contributed by atoms with Gasteiger partial charge in [-0.2, -0.15) is 0 Å². The topological polar surface area (TPSA) is 21.3 Å². The van der Waals surface area contributed by atoms with Gasteiger partial charge in [-0.3, -0.25) is 0 Å². The van der Waals surface area contributed by atoms with Gasteiger partial charge in [0.2, 0.25) is 0 Å². The minimum absolute atomic E-state index is 0.297. The van der Waals surface area contributed by atoms with E-state index in [9.17, 15) is 0 Å². The third-order valence-electron chi connectivity index (χ3n) is 4.03. The highest BCUT2D eigenvalue weighted by Crippen LogP contribution is 2.36. The smallest absolute Gasteiger partial charge is 0.122 e. The maximum atomic E-state index is 6.10. The number of fused-ring (bicyclic) bond motifs is 1. The summed E-state index contributed by atoms with van der Waals surface area (Å²) in [5, 5.41) is 4.61. The molecule has 0 radical (unpaired) electrons. The summed E-state index contributed by atoms with van der Waals surface area (Å²) in [6.07, 6.45) is 0.885. The van der Waals surface area contributed by atoms with Gasteiger partial charge in [-0.05, 0) is 37.2 Å². The second-order valence-electron chi connectivity index (χ2n) is 5.30. The minimum Gasteiger partial charge on any atom is -0.493 e. The number of nitrogens with one attached hydrogen (secondary N) is 1. The van der Waals surface area contributed by atoms with Crippen molar-refractivity contribution >= 4 is 23.2 Å². The maximum Gasteiger partial charge on any atom is 0.122 e. The molecule has 1 N–H and O–H groups in total. The molecule has 0 saturated heterocycles. The van der Waals surface area contributed by atoms with E-state index in [0.29, 0.717) is 28.6 Å². The Morgan fingerprint density at radius 2 is 2.00 bits per heavy atom. The van der Waals surface area contributed by atoms with Crippen molar-refractivity contribution in [2.75, 3.05) is 13.7 Å². The fourth-order valence-electron chi connectivity index (χ4n) is 2.89. The van der Waals surface area contributed by atoms with E-state index in [2.05, 4.69) is 17.4 Å². The van der Waals surface area contributed by atoms with Crippen LogP contribution in [-0.2, 0) is 6.42 Å². The van der Waals surface area contributed by atoms with E-state index in [-0.39, 0.29) is 0 Å². The zero-order valence-electron chi connectivity index (χ0n) is 11.8. The molecule has 0 fully saturated rings. The van der Waals surface area contributed by atoms with Crippen LogP contribution in [0.15, 0.2) is 42.5 Å². The molecule has 0 bridgehead atoms. The zero-order valence-corrected chi connectivity index (χ0v) is 13.3. The molecule has 4 heteroatoms. The van der Waals surface area contributed by atoms with Crippen LogP contribution in [0.3, 0.4) is 0 Å². The number of benzene rings is 2. The fourth-order valence-corrected chi connectivity index (χ4v) is 3.21. The first-order chi connectivity index (χ1) is 10.2. The molecule has 0 spiro atoms. The van der Waals surface area contributed by atoms with E-state index in [0.717, 1.165) is 12.2 Å². The van der Waals surface area contributed by atoms with Crippen LogP contribution in [0.5, 0.6) is 5.75 Å². The molecule has 2 atom stereocenters. The fraction of sp³-hybridized carbons (Fsp3) is 0.294. The first-order valence-electron chi connectivity index (χ1n) is 7.02. The predicted molar refractivity (Wildman–Crippen MR) is 87.7 cm³/mol. The molecule has 0 amide bonds. The molecule has 3 rings (SSSR count). The highest BCUT2D eigenvalue weighted by molar-refractivity contribution is 6.42. The summed E-state index contributed by atoms with van der Waals surface area (Å²) in [4.78, 5) is 0. The number of hydrogen-bond donors (Lipinski definition) is 1. The maximum absolute atomic E-state index is 6.10. The van der Waals surface area contributed by atoms with E-state index >= 15 is 0 Å². The molecule has 110 valence electrons. The number of rotatable bonds is 4. The molecule has 21 heavy (non-hydrogen) atoms. The summed E-state index contributed by atoms with van der Waals surface area (Å²) in [5.41, 5.74) is 2.45. The summed E-state index contributed by atoms with van der Waals surface area (Å²) in [6.45, 7) is 0.714. The summed E-state index contributed by atoms with van der Waals surface area (Å²) in [6, 6.07) is 14.4. The van der Waals surface area contributed by atoms with Crippen molar-refractivity contribution < 1.29 is 4.74 Å². The molecule has 2 aromatic carbocycles. The lowest BCUT2D eigenvalue weighted by Crippen LogP contribution is -2.35. The molecule has 1 heterocycles. The van der Waals surface area contributed by atoms with Crippen molar-refractivity contribution in [3.63, 3.8) is 0 Å². The highest BCUT2D eigenvalue weighted by Gasteiger charge is 2.30. The van der Waals surface area contributed by atoms with Gasteiger partial charge in [-0.1, -0.05) is 47.5 Å². The average Bonchev–Trinajstić information content (AvgIpc) is 2.92. The van der Waals surface area contributed by atoms with E-state index in [1.165, 1.54) is 11.1 Å². The van der Waals surface area contributed by atoms with Gasteiger partial charge >= 0.3 is 0 Å². The van der Waals surface area contributed by atoms with Crippen molar-refractivity contribution in [1.29, 1.82) is 0 Å². The highest BCUT2D eigenvalue weighted by atomic mass is 35.5. The Bertz CT molecular complexity index is 644. The van der Waals surface area contributed by atoms with Gasteiger partial charge in [0, 0.05) is 17.5 Å². The van der Waals surface area contributed by atoms with Crippen LogP contribution in [0.2, 0.25) is 10.0 Å². The van der Waals surface area contributed by atoms with Gasteiger partial charge in [0.1, 0.15) is 5.75 Å². The predicted octanol–water partition coefficient (Wildman–Crippen LogP) is 4.30. The quantitative estimate of drug-likeness (QED) is 0.906. The Labute approximate surface area is 135 Å². The van der Waals surface area contributed by atoms with Gasteiger partial charge in [-0.25, -0.2) is 0 Å². The molecule has 0 aliphatic carbocycles. The van der Waals surface area contributed by atoms with Crippen molar-refractivity contribution in [2.45, 2.75) is 18.4 Å². The number of halogens is 2. The molecule has 2 unspecified atom stereocenters. The second-order valence-corrected chi connectivity index (χ2v) is 6.12. The van der Waals surface area contributed by atoms with Gasteiger partial charge in [0.25, 0.3) is 0 Å². The molecular weight excluding hydrogens is 305 g/mol. The van der Waals surface area contributed by atoms with Crippen molar-refractivity contribution in [3.8, 4) is 5.75 Å². The van der Waals surface area contributed by atoms with Crippen LogP contribution in [0, 0.1) is 0 Å². The van der Waals surface area contributed by atoms with Crippen LogP contribution < -0.4 is 10.1 Å². The molecule has 0 saturated carbocycles. The first-order valence-corrected chi connectivity index (χ1v) is 7.77. The molecule has 2 aromatic rings. The van der Waals surface area contributed by atoms with Crippen LogP contribution >= 0.6 is 23.2 Å². The first kappa shape index (κ1) is 14.7. The van der Waals surface area contributed by atoms with Crippen LogP contribution in [0.4, 0.5) is 0 Å². The van der Waals surface area contributed by atoms with Crippen molar-refractivity contribution in [3.05, 3.63) is 63.6 Å². The standard InChI is InChI=1S/C17H17Cl2NO/c1-20-16(9-11-6-7-14(18)15(19)8-11)13-10-21-17-5-3-2-4-12(13)17/h2-8,13,16,20H,9-10H2,1H3. The number of ether oxygens (including phenoxy) is 1. The zero-order chi connectivity index (χ0) is 14.8. The molecule has 1 aliphatic heterocycles. The Kier molecular flexibility index (Phi) is 4.39. The Balaban J connectivity index is 1.81. The molecule has 2 nitrogen and oxygen atoms in total. The van der Waals surface area contributed by atoms with E-state index in [1.54, 1.807) is 0 Å². The van der Waals surface area contributed by atoms with E-state index in [1.807, 2.05) is 37.4 Å². The van der Waals surface area contributed by atoms with Crippen molar-refractivity contribution in [1.82, 2.24) is 5.32 Å². The third-order valence-corrected chi connectivity index (χ3v) is 4.77. The second kappa shape index (κ2) is 6.27. The number of hydrogen-bond acceptors (Lipinski definition) is 2. The summed E-state index contributed by atoms with van der Waals surface area (Å²) < 4.78 is 5.79. The van der Waals surface area contributed by atoms with E-state index < -0.39 is 0 Å². The normalized spacial score (nSPS) is 18.1. The van der Waals surface area contributed by atoms with Crippen LogP contribution in [-0.4, -0.2) is 19.7 Å². The third kappa shape index (κ3) is 3.03. The van der Waals surface area contributed by atoms with Crippen LogP contribution in [0.25, 0.3) is 0 Å². The summed E-state index contributed by atoms with van der Waals surface area (Å²) in [7, 11) is 1.99. The molecule has 1 aliphatic rings. The Morgan fingerprint density at radius 1 is 1.19 bits per heavy atom. The lowest BCUT2D eigenvalue weighted by molar-refractivity contribution is 0.302.